The Labute approximate surface area is 130 Å². The monoisotopic (exact) mass is 355 g/mol. The molecule has 0 amide bonds. The van der Waals surface area contributed by atoms with Gasteiger partial charge in [-0.3, -0.25) is 0 Å². The van der Waals surface area contributed by atoms with Crippen molar-refractivity contribution in [1.82, 2.24) is 9.97 Å². The van der Waals surface area contributed by atoms with E-state index in [1.807, 2.05) is 20.8 Å². The quantitative estimate of drug-likeness (QED) is 0.772. The highest BCUT2D eigenvalue weighted by molar-refractivity contribution is 9.10. The van der Waals surface area contributed by atoms with E-state index < -0.39 is 11.6 Å². The van der Waals surface area contributed by atoms with E-state index in [1.165, 1.54) is 12.1 Å². The van der Waals surface area contributed by atoms with Crippen molar-refractivity contribution in [2.24, 2.45) is 0 Å². The molecule has 0 atom stereocenters. The summed E-state index contributed by atoms with van der Waals surface area (Å²) in [6, 6.07) is 2.51. The van der Waals surface area contributed by atoms with Crippen LogP contribution in [0.25, 0.3) is 11.3 Å². The third kappa shape index (κ3) is 2.90. The molecule has 0 aliphatic rings. The standard InChI is InChI=1S/C15H16BrF2N3/c1-7-12(10-9(17)6-5-8(16)11(10)18)20-14(15(2,3)4)21-13(7)19/h5-6H,1-4H3,(H2,19,20,21). The first-order valence-corrected chi connectivity index (χ1v) is 7.20. The van der Waals surface area contributed by atoms with Crippen LogP contribution in [0, 0.1) is 18.6 Å². The second-order valence-corrected chi connectivity index (χ2v) is 6.73. The molecule has 1 aromatic carbocycles. The van der Waals surface area contributed by atoms with Crippen LogP contribution in [-0.2, 0) is 5.41 Å². The Kier molecular flexibility index (Phi) is 4.02. The molecule has 1 aromatic heterocycles. The number of benzene rings is 1. The average molecular weight is 356 g/mol. The number of hydrogen-bond donors (Lipinski definition) is 1. The van der Waals surface area contributed by atoms with Crippen molar-refractivity contribution in [3.63, 3.8) is 0 Å². The summed E-state index contributed by atoms with van der Waals surface area (Å²) in [6.07, 6.45) is 0. The first kappa shape index (κ1) is 15.8. The predicted octanol–water partition coefficient (Wildman–Crippen LogP) is 4.37. The van der Waals surface area contributed by atoms with Gasteiger partial charge in [-0.15, -0.1) is 0 Å². The maximum atomic E-state index is 14.3. The third-order valence-corrected chi connectivity index (χ3v) is 3.75. The van der Waals surface area contributed by atoms with Crippen molar-refractivity contribution in [1.29, 1.82) is 0 Å². The first-order chi connectivity index (χ1) is 9.62. The summed E-state index contributed by atoms with van der Waals surface area (Å²) in [6.45, 7) is 7.38. The van der Waals surface area contributed by atoms with Crippen LogP contribution in [0.15, 0.2) is 16.6 Å². The summed E-state index contributed by atoms with van der Waals surface area (Å²) >= 11 is 3.06. The molecule has 0 saturated heterocycles. The maximum absolute atomic E-state index is 14.3. The minimum atomic E-state index is -0.698. The van der Waals surface area contributed by atoms with Crippen molar-refractivity contribution in [3.05, 3.63) is 39.6 Å². The Hall–Kier alpha value is -1.56. The zero-order valence-corrected chi connectivity index (χ0v) is 13.8. The molecule has 0 saturated carbocycles. The van der Waals surface area contributed by atoms with E-state index >= 15 is 0 Å². The summed E-state index contributed by atoms with van der Waals surface area (Å²) in [7, 11) is 0. The van der Waals surface area contributed by atoms with Gasteiger partial charge < -0.3 is 5.73 Å². The number of hydrogen-bond acceptors (Lipinski definition) is 3. The lowest BCUT2D eigenvalue weighted by atomic mass is 9.94. The average Bonchev–Trinajstić information content (AvgIpc) is 2.38. The van der Waals surface area contributed by atoms with Crippen LogP contribution in [0.4, 0.5) is 14.6 Å². The van der Waals surface area contributed by atoms with Gasteiger partial charge in [-0.1, -0.05) is 20.8 Å². The molecule has 0 aliphatic heterocycles. The molecule has 2 rings (SSSR count). The molecule has 0 unspecified atom stereocenters. The lowest BCUT2D eigenvalue weighted by Crippen LogP contribution is -2.18. The Morgan fingerprint density at radius 2 is 1.76 bits per heavy atom. The summed E-state index contributed by atoms with van der Waals surface area (Å²) in [5, 5.41) is 0. The largest absolute Gasteiger partial charge is 0.383 e. The lowest BCUT2D eigenvalue weighted by Gasteiger charge is -2.20. The van der Waals surface area contributed by atoms with Gasteiger partial charge in [0, 0.05) is 11.0 Å². The van der Waals surface area contributed by atoms with E-state index in [2.05, 4.69) is 25.9 Å². The SMILES string of the molecule is Cc1c(N)nc(C(C)(C)C)nc1-c1c(F)ccc(Br)c1F. The number of nitrogen functional groups attached to an aromatic ring is 1. The summed E-state index contributed by atoms with van der Waals surface area (Å²) in [4.78, 5) is 8.57. The van der Waals surface area contributed by atoms with Crippen molar-refractivity contribution in [3.8, 4) is 11.3 Å². The lowest BCUT2D eigenvalue weighted by molar-refractivity contribution is 0.544. The number of halogens is 3. The maximum Gasteiger partial charge on any atom is 0.149 e. The fraction of sp³-hybridized carbons (Fsp3) is 0.333. The Morgan fingerprint density at radius 3 is 2.33 bits per heavy atom. The molecule has 6 heteroatoms. The molecule has 1 heterocycles. The second kappa shape index (κ2) is 5.33. The molecule has 2 N–H and O–H groups in total. The van der Waals surface area contributed by atoms with Crippen molar-refractivity contribution >= 4 is 21.7 Å². The zero-order valence-electron chi connectivity index (χ0n) is 12.3. The highest BCUT2D eigenvalue weighted by Crippen LogP contribution is 2.34. The van der Waals surface area contributed by atoms with E-state index in [9.17, 15) is 8.78 Å². The number of nitrogens with zero attached hydrogens (tertiary/aromatic N) is 2. The Bertz CT molecular complexity index is 709. The summed E-state index contributed by atoms with van der Waals surface area (Å²) in [5.41, 5.74) is 5.95. The summed E-state index contributed by atoms with van der Waals surface area (Å²) in [5.74, 6) is -0.712. The Morgan fingerprint density at radius 1 is 1.14 bits per heavy atom. The van der Waals surface area contributed by atoms with Crippen LogP contribution in [0.3, 0.4) is 0 Å². The van der Waals surface area contributed by atoms with Crippen LogP contribution < -0.4 is 5.73 Å². The molecule has 112 valence electrons. The highest BCUT2D eigenvalue weighted by atomic mass is 79.9. The van der Waals surface area contributed by atoms with Gasteiger partial charge in [0.25, 0.3) is 0 Å². The van der Waals surface area contributed by atoms with Gasteiger partial charge in [-0.25, -0.2) is 18.7 Å². The van der Waals surface area contributed by atoms with Gasteiger partial charge in [-0.05, 0) is 35.0 Å². The molecule has 3 nitrogen and oxygen atoms in total. The van der Waals surface area contributed by atoms with Gasteiger partial charge >= 0.3 is 0 Å². The number of nitrogens with two attached hydrogens (primary N) is 1. The molecule has 0 aliphatic carbocycles. The number of aromatic nitrogens is 2. The second-order valence-electron chi connectivity index (χ2n) is 5.87. The van der Waals surface area contributed by atoms with Crippen LogP contribution >= 0.6 is 15.9 Å². The third-order valence-electron chi connectivity index (χ3n) is 3.14. The van der Waals surface area contributed by atoms with Crippen molar-refractivity contribution in [2.75, 3.05) is 5.73 Å². The van der Waals surface area contributed by atoms with Gasteiger partial charge in [-0.2, -0.15) is 0 Å². The van der Waals surface area contributed by atoms with Crippen LogP contribution in [-0.4, -0.2) is 9.97 Å². The van der Waals surface area contributed by atoms with Gasteiger partial charge in [0.05, 0.1) is 15.7 Å². The van der Waals surface area contributed by atoms with Crippen LogP contribution in [0.2, 0.25) is 0 Å². The smallest absolute Gasteiger partial charge is 0.149 e. The van der Waals surface area contributed by atoms with Crippen molar-refractivity contribution < 1.29 is 8.78 Å². The van der Waals surface area contributed by atoms with E-state index in [-0.39, 0.29) is 27.0 Å². The van der Waals surface area contributed by atoms with E-state index in [4.69, 9.17) is 5.73 Å². The molecular weight excluding hydrogens is 340 g/mol. The minimum Gasteiger partial charge on any atom is -0.383 e. The molecule has 0 fully saturated rings. The molecular formula is C15H16BrF2N3. The summed E-state index contributed by atoms with van der Waals surface area (Å²) < 4.78 is 28.6. The number of rotatable bonds is 1. The molecule has 0 radical (unpaired) electrons. The molecule has 2 aromatic rings. The fourth-order valence-electron chi connectivity index (χ4n) is 1.86. The van der Waals surface area contributed by atoms with Gasteiger partial charge in [0.2, 0.25) is 0 Å². The predicted molar refractivity (Wildman–Crippen MR) is 82.9 cm³/mol. The van der Waals surface area contributed by atoms with E-state index in [1.54, 1.807) is 6.92 Å². The molecule has 0 spiro atoms. The minimum absolute atomic E-state index is 0.174. The molecule has 21 heavy (non-hydrogen) atoms. The zero-order chi connectivity index (χ0) is 15.9. The van der Waals surface area contributed by atoms with E-state index in [0.717, 1.165) is 0 Å². The topological polar surface area (TPSA) is 51.8 Å². The van der Waals surface area contributed by atoms with Crippen LogP contribution in [0.1, 0.15) is 32.2 Å². The van der Waals surface area contributed by atoms with Gasteiger partial charge in [0.1, 0.15) is 23.3 Å². The fourth-order valence-corrected chi connectivity index (χ4v) is 2.19. The number of anilines is 1. The van der Waals surface area contributed by atoms with Crippen molar-refractivity contribution in [2.45, 2.75) is 33.1 Å². The highest BCUT2D eigenvalue weighted by Gasteiger charge is 2.24. The Balaban J connectivity index is 2.82. The first-order valence-electron chi connectivity index (χ1n) is 6.41. The van der Waals surface area contributed by atoms with Crippen LogP contribution in [0.5, 0.6) is 0 Å². The van der Waals surface area contributed by atoms with E-state index in [0.29, 0.717) is 11.4 Å². The molecule has 0 bridgehead atoms. The van der Waals surface area contributed by atoms with Gasteiger partial charge in [0.15, 0.2) is 0 Å². The normalized spacial score (nSPS) is 11.8.